The molecule has 1 aliphatic heterocycles. The zero-order chi connectivity index (χ0) is 15.1. The molecular formula is C16H21ClFN3. The highest BCUT2D eigenvalue weighted by Crippen LogP contribution is 2.32. The molecule has 1 aromatic heterocycles. The Labute approximate surface area is 129 Å². The summed E-state index contributed by atoms with van der Waals surface area (Å²) in [7, 11) is 2.16. The molecule has 5 heteroatoms. The van der Waals surface area contributed by atoms with Gasteiger partial charge in [0.2, 0.25) is 0 Å². The van der Waals surface area contributed by atoms with E-state index in [1.165, 1.54) is 6.07 Å². The largest absolute Gasteiger partial charge is 0.324 e. The zero-order valence-electron chi connectivity index (χ0n) is 12.7. The lowest BCUT2D eigenvalue weighted by Crippen LogP contribution is -2.38. The number of nitrogens with zero attached hydrogens (tertiary/aromatic N) is 3. The van der Waals surface area contributed by atoms with E-state index in [0.717, 1.165) is 30.7 Å². The summed E-state index contributed by atoms with van der Waals surface area (Å²) < 4.78 is 16.0. The Bertz CT molecular complexity index is 667. The van der Waals surface area contributed by atoms with E-state index >= 15 is 0 Å². The predicted octanol–water partition coefficient (Wildman–Crippen LogP) is 3.88. The van der Waals surface area contributed by atoms with E-state index in [4.69, 9.17) is 11.6 Å². The van der Waals surface area contributed by atoms with Crippen LogP contribution in [-0.2, 0) is 5.88 Å². The zero-order valence-corrected chi connectivity index (χ0v) is 13.5. The van der Waals surface area contributed by atoms with Crippen LogP contribution in [0, 0.1) is 12.7 Å². The second kappa shape index (κ2) is 5.58. The molecule has 3 rings (SSSR count). The van der Waals surface area contributed by atoms with Crippen molar-refractivity contribution in [2.75, 3.05) is 13.6 Å². The number of hydrogen-bond acceptors (Lipinski definition) is 2. The molecule has 0 amide bonds. The second-order valence-electron chi connectivity index (χ2n) is 6.13. The van der Waals surface area contributed by atoms with Gasteiger partial charge in [0.05, 0.1) is 16.9 Å². The molecule has 1 fully saturated rings. The van der Waals surface area contributed by atoms with Gasteiger partial charge in [-0.05, 0) is 45.4 Å². The van der Waals surface area contributed by atoms with Crippen molar-refractivity contribution in [3.8, 4) is 0 Å². The number of aryl methyl sites for hydroxylation is 1. The molecule has 3 nitrogen and oxygen atoms in total. The fraction of sp³-hybridized carbons (Fsp3) is 0.562. The molecule has 2 aromatic rings. The highest BCUT2D eigenvalue weighted by atomic mass is 35.5. The number of aromatic nitrogens is 2. The van der Waals surface area contributed by atoms with Crippen LogP contribution >= 0.6 is 11.6 Å². The van der Waals surface area contributed by atoms with Crippen molar-refractivity contribution in [1.29, 1.82) is 0 Å². The minimum atomic E-state index is -0.204. The molecule has 2 unspecified atom stereocenters. The standard InChI is InChI=1S/C16H21ClFN3/c1-10-6-15-14(8-13(10)18)19-16(9-17)21(15)12-4-5-20(3)11(2)7-12/h6,8,11-12H,4-5,7,9H2,1-3H3. The molecule has 1 aliphatic rings. The van der Waals surface area contributed by atoms with Gasteiger partial charge >= 0.3 is 0 Å². The van der Waals surface area contributed by atoms with Crippen LogP contribution in [0.1, 0.15) is 37.2 Å². The normalized spacial score (nSPS) is 23.9. The van der Waals surface area contributed by atoms with Crippen LogP contribution in [-0.4, -0.2) is 34.1 Å². The quantitative estimate of drug-likeness (QED) is 0.785. The Balaban J connectivity index is 2.10. The molecule has 0 bridgehead atoms. The third-order valence-corrected chi connectivity index (χ3v) is 4.95. The Morgan fingerprint density at radius 2 is 2.19 bits per heavy atom. The third-order valence-electron chi connectivity index (χ3n) is 4.71. The first-order valence-corrected chi connectivity index (χ1v) is 7.98. The van der Waals surface area contributed by atoms with Crippen LogP contribution < -0.4 is 0 Å². The molecule has 0 radical (unpaired) electrons. The highest BCUT2D eigenvalue weighted by Gasteiger charge is 2.27. The fourth-order valence-electron chi connectivity index (χ4n) is 3.27. The van der Waals surface area contributed by atoms with E-state index in [0.29, 0.717) is 29.0 Å². The van der Waals surface area contributed by atoms with Crippen molar-refractivity contribution < 1.29 is 4.39 Å². The number of hydrogen-bond donors (Lipinski definition) is 0. The first-order chi connectivity index (χ1) is 10.0. The minimum absolute atomic E-state index is 0.204. The molecule has 21 heavy (non-hydrogen) atoms. The summed E-state index contributed by atoms with van der Waals surface area (Å²) in [5.74, 6) is 0.999. The Morgan fingerprint density at radius 1 is 1.43 bits per heavy atom. The number of alkyl halides is 1. The third kappa shape index (κ3) is 2.55. The first kappa shape index (κ1) is 14.8. The molecule has 0 N–H and O–H groups in total. The van der Waals surface area contributed by atoms with E-state index in [1.54, 1.807) is 6.92 Å². The highest BCUT2D eigenvalue weighted by molar-refractivity contribution is 6.16. The molecule has 0 saturated carbocycles. The lowest BCUT2D eigenvalue weighted by atomic mass is 9.98. The molecular weight excluding hydrogens is 289 g/mol. The van der Waals surface area contributed by atoms with E-state index in [2.05, 4.69) is 28.4 Å². The number of piperidine rings is 1. The SMILES string of the molecule is Cc1cc2c(cc1F)nc(CCl)n2C1CCN(C)C(C)C1. The Kier molecular flexibility index (Phi) is 3.93. The molecule has 1 aromatic carbocycles. The Hall–Kier alpha value is -1.13. The smallest absolute Gasteiger partial charge is 0.128 e. The van der Waals surface area contributed by atoms with Gasteiger partial charge in [-0.2, -0.15) is 0 Å². The molecule has 1 saturated heterocycles. The van der Waals surface area contributed by atoms with E-state index in [1.807, 2.05) is 6.07 Å². The minimum Gasteiger partial charge on any atom is -0.324 e. The van der Waals surface area contributed by atoms with Crippen molar-refractivity contribution in [3.05, 3.63) is 29.3 Å². The van der Waals surface area contributed by atoms with Gasteiger partial charge in [0.1, 0.15) is 11.6 Å². The fourth-order valence-corrected chi connectivity index (χ4v) is 3.46. The summed E-state index contributed by atoms with van der Waals surface area (Å²) in [6, 6.07) is 4.34. The maximum absolute atomic E-state index is 13.8. The van der Waals surface area contributed by atoms with Gasteiger partial charge in [-0.1, -0.05) is 0 Å². The number of halogens is 2. The summed E-state index contributed by atoms with van der Waals surface area (Å²) in [5, 5.41) is 0. The summed E-state index contributed by atoms with van der Waals surface area (Å²) >= 11 is 6.08. The van der Waals surface area contributed by atoms with Gasteiger partial charge < -0.3 is 9.47 Å². The van der Waals surface area contributed by atoms with Gasteiger partial charge in [0, 0.05) is 24.7 Å². The van der Waals surface area contributed by atoms with Gasteiger partial charge in [0.25, 0.3) is 0 Å². The summed E-state index contributed by atoms with van der Waals surface area (Å²) in [6.45, 7) is 5.10. The van der Waals surface area contributed by atoms with E-state index in [9.17, 15) is 4.39 Å². The van der Waals surface area contributed by atoms with Crippen LogP contribution in [0.5, 0.6) is 0 Å². The van der Waals surface area contributed by atoms with Crippen LogP contribution in [0.4, 0.5) is 4.39 Å². The monoisotopic (exact) mass is 309 g/mol. The maximum Gasteiger partial charge on any atom is 0.128 e. The Morgan fingerprint density at radius 3 is 2.86 bits per heavy atom. The number of imidazole rings is 1. The van der Waals surface area contributed by atoms with Gasteiger partial charge in [-0.3, -0.25) is 0 Å². The van der Waals surface area contributed by atoms with Crippen LogP contribution in [0.3, 0.4) is 0 Å². The average molecular weight is 310 g/mol. The predicted molar refractivity (Wildman–Crippen MR) is 84.3 cm³/mol. The molecule has 2 atom stereocenters. The molecule has 0 spiro atoms. The maximum atomic E-state index is 13.8. The second-order valence-corrected chi connectivity index (χ2v) is 6.40. The molecule has 114 valence electrons. The van der Waals surface area contributed by atoms with Crippen molar-refractivity contribution in [2.45, 2.75) is 44.7 Å². The van der Waals surface area contributed by atoms with Crippen LogP contribution in [0.25, 0.3) is 11.0 Å². The molecule has 0 aliphatic carbocycles. The van der Waals surface area contributed by atoms with Gasteiger partial charge in [-0.15, -0.1) is 11.6 Å². The first-order valence-electron chi connectivity index (χ1n) is 7.44. The average Bonchev–Trinajstić information content (AvgIpc) is 2.80. The number of fused-ring (bicyclic) bond motifs is 1. The lowest BCUT2D eigenvalue weighted by Gasteiger charge is -2.36. The van der Waals surface area contributed by atoms with Crippen molar-refractivity contribution in [2.24, 2.45) is 0 Å². The summed E-state index contributed by atoms with van der Waals surface area (Å²) in [4.78, 5) is 6.91. The number of benzene rings is 1. The molecule has 2 heterocycles. The van der Waals surface area contributed by atoms with Gasteiger partial charge in [0.15, 0.2) is 0 Å². The number of likely N-dealkylation sites (tertiary alicyclic amines) is 1. The van der Waals surface area contributed by atoms with Crippen LogP contribution in [0.15, 0.2) is 12.1 Å². The van der Waals surface area contributed by atoms with Gasteiger partial charge in [-0.25, -0.2) is 9.37 Å². The summed E-state index contributed by atoms with van der Waals surface area (Å²) in [5.41, 5.74) is 2.37. The van der Waals surface area contributed by atoms with E-state index in [-0.39, 0.29) is 5.82 Å². The number of rotatable bonds is 2. The van der Waals surface area contributed by atoms with Crippen molar-refractivity contribution >= 4 is 22.6 Å². The topological polar surface area (TPSA) is 21.1 Å². The summed E-state index contributed by atoms with van der Waals surface area (Å²) in [6.07, 6.45) is 2.15. The van der Waals surface area contributed by atoms with Crippen molar-refractivity contribution in [1.82, 2.24) is 14.5 Å². The lowest BCUT2D eigenvalue weighted by molar-refractivity contribution is 0.157. The van der Waals surface area contributed by atoms with Crippen LogP contribution in [0.2, 0.25) is 0 Å². The van der Waals surface area contributed by atoms with E-state index < -0.39 is 0 Å². The van der Waals surface area contributed by atoms with Crippen molar-refractivity contribution in [3.63, 3.8) is 0 Å².